The lowest BCUT2D eigenvalue weighted by atomic mass is 9.94. The van der Waals surface area contributed by atoms with E-state index in [1.807, 2.05) is 0 Å². The second kappa shape index (κ2) is 4.70. The van der Waals surface area contributed by atoms with Crippen LogP contribution in [0.2, 0.25) is 0 Å². The second-order valence-electron chi connectivity index (χ2n) is 4.30. The van der Waals surface area contributed by atoms with Crippen LogP contribution in [-0.2, 0) is 0 Å². The molecular weight excluding hydrogens is 194 g/mol. The maximum absolute atomic E-state index is 10.2. The quantitative estimate of drug-likeness (QED) is 0.408. The van der Waals surface area contributed by atoms with Gasteiger partial charge in [-0.1, -0.05) is 0 Å². The van der Waals surface area contributed by atoms with Crippen molar-refractivity contribution in [3.63, 3.8) is 0 Å². The fraction of sp³-hybridized carbons (Fsp3) is 1.00. The number of nitrogens with zero attached hydrogens (tertiary/aromatic N) is 4. The van der Waals surface area contributed by atoms with Gasteiger partial charge in [0.15, 0.2) is 0 Å². The summed E-state index contributed by atoms with van der Waals surface area (Å²) in [6.45, 7) is 2.63. The Labute approximate surface area is 88.9 Å². The monoisotopic (exact) mass is 211 g/mol. The van der Waals surface area contributed by atoms with E-state index in [0.29, 0.717) is 5.92 Å². The molecule has 0 aromatic heterocycles. The van der Waals surface area contributed by atoms with Crippen LogP contribution in [0.3, 0.4) is 0 Å². The van der Waals surface area contributed by atoms with Crippen molar-refractivity contribution >= 4 is 0 Å². The van der Waals surface area contributed by atoms with E-state index < -0.39 is 0 Å². The average molecular weight is 211 g/mol. The van der Waals surface area contributed by atoms with Crippen molar-refractivity contribution in [1.29, 1.82) is 0 Å². The highest BCUT2D eigenvalue weighted by Crippen LogP contribution is 2.26. The predicted molar refractivity (Wildman–Crippen MR) is 55.9 cm³/mol. The third-order valence-corrected chi connectivity index (χ3v) is 3.40. The largest absolute Gasteiger partial charge is 0.388 e. The molecule has 2 fully saturated rings. The van der Waals surface area contributed by atoms with Crippen LogP contribution in [0.4, 0.5) is 0 Å². The van der Waals surface area contributed by atoms with Crippen molar-refractivity contribution in [2.75, 3.05) is 19.6 Å². The van der Waals surface area contributed by atoms with Crippen molar-refractivity contribution in [2.24, 2.45) is 11.1 Å². The Morgan fingerprint density at radius 1 is 1.53 bits per heavy atom. The molecule has 15 heavy (non-hydrogen) atoms. The first-order chi connectivity index (χ1) is 7.33. The maximum atomic E-state index is 10.2. The highest BCUT2D eigenvalue weighted by Gasteiger charge is 2.38. The Morgan fingerprint density at radius 2 is 2.40 bits per heavy atom. The standard InChI is InChI=1S/C9H17N5O/c10-12-13-14-5-1-2-8(14)9(15)7-3-4-11-6-7/h7-9,11,15H,1-6H2/t7-,8-,9?/m0/s1. The van der Waals surface area contributed by atoms with Gasteiger partial charge in [-0.2, -0.15) is 4.91 Å². The van der Waals surface area contributed by atoms with Gasteiger partial charge in [0.2, 0.25) is 0 Å². The van der Waals surface area contributed by atoms with Gasteiger partial charge in [0.05, 0.1) is 12.6 Å². The first-order valence-electron chi connectivity index (χ1n) is 5.53. The molecule has 2 heterocycles. The number of nitrogens with one attached hydrogen (secondary N) is 1. The smallest absolute Gasteiger partial charge is 0.125 e. The SMILES string of the molecule is [N-]=[N+]=NN1CCC[C@H]1C(O)[C@H]1CCNC1. The van der Waals surface area contributed by atoms with E-state index in [4.69, 9.17) is 5.53 Å². The van der Waals surface area contributed by atoms with Gasteiger partial charge >= 0.3 is 0 Å². The molecule has 2 aliphatic rings. The van der Waals surface area contributed by atoms with Gasteiger partial charge in [-0.25, -0.2) is 5.01 Å². The van der Waals surface area contributed by atoms with Crippen LogP contribution in [0.25, 0.3) is 10.4 Å². The van der Waals surface area contributed by atoms with Crippen molar-refractivity contribution in [3.8, 4) is 0 Å². The summed E-state index contributed by atoms with van der Waals surface area (Å²) in [5.74, 6) is 0.310. The Hall–Kier alpha value is -0.970. The van der Waals surface area contributed by atoms with Gasteiger partial charge in [-0.05, 0) is 31.0 Å². The van der Waals surface area contributed by atoms with Gasteiger partial charge in [-0.3, -0.25) is 0 Å². The van der Waals surface area contributed by atoms with E-state index in [1.54, 1.807) is 5.01 Å². The Kier molecular flexibility index (Phi) is 3.30. The lowest BCUT2D eigenvalue weighted by molar-refractivity contribution is 0.0341. The summed E-state index contributed by atoms with van der Waals surface area (Å²) in [5, 5.41) is 18.8. The Bertz CT molecular complexity index is 259. The molecule has 0 aromatic rings. The van der Waals surface area contributed by atoms with Gasteiger partial charge in [-0.15, -0.1) is 5.53 Å². The third-order valence-electron chi connectivity index (χ3n) is 3.40. The molecule has 0 aromatic carbocycles. The molecule has 84 valence electrons. The van der Waals surface area contributed by atoms with Crippen molar-refractivity contribution in [2.45, 2.75) is 31.4 Å². The second-order valence-corrected chi connectivity index (χ2v) is 4.30. The highest BCUT2D eigenvalue weighted by atomic mass is 16.3. The molecule has 2 saturated heterocycles. The highest BCUT2D eigenvalue weighted by molar-refractivity contribution is 4.89. The zero-order chi connectivity index (χ0) is 10.7. The first-order valence-corrected chi connectivity index (χ1v) is 5.53. The van der Waals surface area contributed by atoms with Crippen LogP contribution < -0.4 is 5.32 Å². The van der Waals surface area contributed by atoms with Crippen LogP contribution in [0.15, 0.2) is 5.22 Å². The van der Waals surface area contributed by atoms with Gasteiger partial charge in [0.25, 0.3) is 0 Å². The zero-order valence-corrected chi connectivity index (χ0v) is 8.71. The topological polar surface area (TPSA) is 84.3 Å². The molecule has 2 rings (SSSR count). The molecule has 2 aliphatic heterocycles. The summed E-state index contributed by atoms with van der Waals surface area (Å²) < 4.78 is 0. The number of aliphatic hydroxyl groups is 1. The van der Waals surface area contributed by atoms with Crippen LogP contribution in [-0.4, -0.2) is 41.9 Å². The van der Waals surface area contributed by atoms with E-state index in [0.717, 1.165) is 38.9 Å². The summed E-state index contributed by atoms with van der Waals surface area (Å²) in [6.07, 6.45) is 2.58. The van der Waals surface area contributed by atoms with E-state index in [2.05, 4.69) is 15.5 Å². The van der Waals surface area contributed by atoms with Gasteiger partial charge in [0, 0.05) is 12.5 Å². The number of hydrogen-bond acceptors (Lipinski definition) is 3. The third kappa shape index (κ3) is 2.17. The van der Waals surface area contributed by atoms with E-state index in [-0.39, 0.29) is 12.1 Å². The molecule has 0 saturated carbocycles. The Balaban J connectivity index is 1.98. The minimum atomic E-state index is -0.368. The van der Waals surface area contributed by atoms with E-state index in [1.165, 1.54) is 0 Å². The number of azide groups is 1. The van der Waals surface area contributed by atoms with Crippen LogP contribution in [0.1, 0.15) is 19.3 Å². The molecule has 0 bridgehead atoms. The van der Waals surface area contributed by atoms with Crippen LogP contribution >= 0.6 is 0 Å². The lowest BCUT2D eigenvalue weighted by Gasteiger charge is -2.25. The van der Waals surface area contributed by atoms with Crippen molar-refractivity contribution in [1.82, 2.24) is 10.3 Å². The lowest BCUT2D eigenvalue weighted by Crippen LogP contribution is -2.41. The number of hydrogen-bond donors (Lipinski definition) is 2. The molecule has 2 N–H and O–H groups in total. The molecule has 0 aliphatic carbocycles. The average Bonchev–Trinajstić information content (AvgIpc) is 2.87. The molecule has 1 unspecified atom stereocenters. The van der Waals surface area contributed by atoms with Crippen LogP contribution in [0, 0.1) is 5.92 Å². The minimum absolute atomic E-state index is 0.0193. The Morgan fingerprint density at radius 3 is 3.07 bits per heavy atom. The summed E-state index contributed by atoms with van der Waals surface area (Å²) >= 11 is 0. The number of aliphatic hydroxyl groups excluding tert-OH is 1. The molecule has 0 radical (unpaired) electrons. The molecule has 6 nitrogen and oxygen atoms in total. The summed E-state index contributed by atoms with van der Waals surface area (Å²) in [4.78, 5) is 2.80. The fourth-order valence-corrected chi connectivity index (χ4v) is 2.57. The van der Waals surface area contributed by atoms with Gasteiger partial charge < -0.3 is 10.4 Å². The molecule has 3 atom stereocenters. The summed E-state index contributed by atoms with van der Waals surface area (Å²) in [7, 11) is 0. The van der Waals surface area contributed by atoms with Crippen molar-refractivity contribution in [3.05, 3.63) is 10.4 Å². The minimum Gasteiger partial charge on any atom is -0.388 e. The zero-order valence-electron chi connectivity index (χ0n) is 8.71. The predicted octanol–water partition coefficient (Wildman–Crippen LogP) is 0.646. The summed E-state index contributed by atoms with van der Waals surface area (Å²) in [6, 6.07) is 0.0193. The number of rotatable bonds is 3. The van der Waals surface area contributed by atoms with E-state index in [9.17, 15) is 5.11 Å². The molecule has 0 spiro atoms. The normalized spacial score (nSPS) is 32.7. The first kappa shape index (κ1) is 10.5. The summed E-state index contributed by atoms with van der Waals surface area (Å²) in [5.41, 5.74) is 8.41. The molecule has 6 heteroatoms. The van der Waals surface area contributed by atoms with Crippen LogP contribution in [0.5, 0.6) is 0 Å². The maximum Gasteiger partial charge on any atom is 0.125 e. The fourth-order valence-electron chi connectivity index (χ4n) is 2.57. The molecular formula is C9H17N5O. The van der Waals surface area contributed by atoms with Gasteiger partial charge in [0.1, 0.15) is 6.04 Å². The van der Waals surface area contributed by atoms with E-state index >= 15 is 0 Å². The molecule has 0 amide bonds. The van der Waals surface area contributed by atoms with Crippen molar-refractivity contribution < 1.29 is 5.11 Å².